The fourth-order valence-corrected chi connectivity index (χ4v) is 2.52. The minimum absolute atomic E-state index is 0.256. The number of halogens is 1. The highest BCUT2D eigenvalue weighted by Gasteiger charge is 2.09. The summed E-state index contributed by atoms with van der Waals surface area (Å²) in [6, 6.07) is 13.1. The fraction of sp³-hybridized carbons (Fsp3) is 0.250. The average Bonchev–Trinajstić information content (AvgIpc) is 2.43. The molecule has 0 aliphatic heterocycles. The van der Waals surface area contributed by atoms with E-state index >= 15 is 0 Å². The Balaban J connectivity index is 1.93. The lowest BCUT2D eigenvalue weighted by molar-refractivity contribution is 0.173. The Kier molecular flexibility index (Phi) is 5.17. The van der Waals surface area contributed by atoms with Crippen LogP contribution in [0.2, 0.25) is 0 Å². The molecule has 0 aromatic heterocycles. The molecule has 2 aromatic rings. The van der Waals surface area contributed by atoms with E-state index in [0.717, 1.165) is 21.2 Å². The van der Waals surface area contributed by atoms with E-state index in [4.69, 9.17) is 0 Å². The molecule has 2 aromatic carbocycles. The van der Waals surface area contributed by atoms with Crippen molar-refractivity contribution in [2.75, 3.05) is 6.54 Å². The predicted molar refractivity (Wildman–Crippen MR) is 83.7 cm³/mol. The number of aliphatic hydroxyl groups excluding tert-OH is 1. The molecule has 0 heterocycles. The second-order valence-corrected chi connectivity index (χ2v) is 5.69. The molecule has 1 unspecified atom stereocenters. The molecule has 0 saturated heterocycles. The zero-order valence-corrected chi connectivity index (χ0v) is 12.9. The minimum atomic E-state index is -0.550. The molecule has 3 N–H and O–H groups in total. The summed E-state index contributed by atoms with van der Waals surface area (Å²) in [6.45, 7) is 2.93. The molecule has 0 saturated carbocycles. The van der Waals surface area contributed by atoms with Gasteiger partial charge in [-0.05, 0) is 36.2 Å². The van der Waals surface area contributed by atoms with Gasteiger partial charge in [-0.15, -0.1) is 0 Å². The van der Waals surface area contributed by atoms with Gasteiger partial charge in [0.15, 0.2) is 0 Å². The lowest BCUT2D eigenvalue weighted by atomic mass is 10.0. The summed E-state index contributed by atoms with van der Waals surface area (Å²) in [5.41, 5.74) is 2.81. The monoisotopic (exact) mass is 335 g/mol. The maximum atomic E-state index is 10.2. The maximum absolute atomic E-state index is 10.2. The van der Waals surface area contributed by atoms with Gasteiger partial charge in [-0.1, -0.05) is 40.2 Å². The first-order valence-electron chi connectivity index (χ1n) is 6.49. The molecular formula is C16H18BrNO2. The molecule has 1 atom stereocenters. The molecule has 0 aliphatic rings. The van der Waals surface area contributed by atoms with E-state index in [0.29, 0.717) is 13.1 Å². The predicted octanol–water partition coefficient (Wildman–Crippen LogP) is 3.29. The van der Waals surface area contributed by atoms with E-state index in [-0.39, 0.29) is 5.75 Å². The van der Waals surface area contributed by atoms with Crippen LogP contribution in [-0.2, 0) is 6.54 Å². The topological polar surface area (TPSA) is 52.5 Å². The molecule has 0 bridgehead atoms. The van der Waals surface area contributed by atoms with Gasteiger partial charge >= 0.3 is 0 Å². The van der Waals surface area contributed by atoms with Crippen LogP contribution in [0.3, 0.4) is 0 Å². The Morgan fingerprint density at radius 3 is 2.70 bits per heavy atom. The van der Waals surface area contributed by atoms with Crippen molar-refractivity contribution >= 4 is 15.9 Å². The Hall–Kier alpha value is -1.36. The number of phenols is 1. The summed E-state index contributed by atoms with van der Waals surface area (Å²) in [5.74, 6) is 0.256. The van der Waals surface area contributed by atoms with E-state index in [1.54, 1.807) is 12.1 Å². The highest BCUT2D eigenvalue weighted by molar-refractivity contribution is 9.10. The molecule has 20 heavy (non-hydrogen) atoms. The standard InChI is InChI=1S/C16H18BrNO2/c1-11-4-2-3-5-14(11)16(20)10-18-9-12-8-13(17)6-7-15(12)19/h2-8,16,18-20H,9-10H2,1H3. The summed E-state index contributed by atoms with van der Waals surface area (Å²) >= 11 is 3.38. The first kappa shape index (κ1) is 15.0. The number of hydrogen-bond donors (Lipinski definition) is 3. The van der Waals surface area contributed by atoms with Crippen LogP contribution >= 0.6 is 15.9 Å². The fourth-order valence-electron chi connectivity index (χ4n) is 2.11. The number of aryl methyl sites for hydroxylation is 1. The van der Waals surface area contributed by atoms with Gasteiger partial charge in [0.2, 0.25) is 0 Å². The Bertz CT molecular complexity index is 586. The number of rotatable bonds is 5. The van der Waals surface area contributed by atoms with Gasteiger partial charge in [0.25, 0.3) is 0 Å². The molecule has 3 nitrogen and oxygen atoms in total. The first-order chi connectivity index (χ1) is 9.58. The summed E-state index contributed by atoms with van der Waals surface area (Å²) in [6.07, 6.45) is -0.550. The van der Waals surface area contributed by atoms with Crippen LogP contribution in [0.1, 0.15) is 22.8 Å². The van der Waals surface area contributed by atoms with Gasteiger partial charge in [-0.25, -0.2) is 0 Å². The van der Waals surface area contributed by atoms with Crippen LogP contribution in [0.25, 0.3) is 0 Å². The summed E-state index contributed by atoms with van der Waals surface area (Å²) in [7, 11) is 0. The maximum Gasteiger partial charge on any atom is 0.120 e. The van der Waals surface area contributed by atoms with Gasteiger partial charge in [0, 0.05) is 23.1 Å². The second-order valence-electron chi connectivity index (χ2n) is 4.78. The lowest BCUT2D eigenvalue weighted by Gasteiger charge is -2.15. The molecule has 0 fully saturated rings. The summed E-state index contributed by atoms with van der Waals surface area (Å²) in [5, 5.41) is 23.1. The van der Waals surface area contributed by atoms with Crippen molar-refractivity contribution in [3.63, 3.8) is 0 Å². The van der Waals surface area contributed by atoms with Gasteiger partial charge < -0.3 is 15.5 Å². The number of phenolic OH excluding ortho intramolecular Hbond substituents is 1. The molecule has 0 aliphatic carbocycles. The highest BCUT2D eigenvalue weighted by Crippen LogP contribution is 2.22. The van der Waals surface area contributed by atoms with E-state index in [1.165, 1.54) is 0 Å². The SMILES string of the molecule is Cc1ccccc1C(O)CNCc1cc(Br)ccc1O. The Morgan fingerprint density at radius 1 is 1.20 bits per heavy atom. The van der Waals surface area contributed by atoms with E-state index in [9.17, 15) is 10.2 Å². The number of aromatic hydroxyl groups is 1. The first-order valence-corrected chi connectivity index (χ1v) is 7.29. The van der Waals surface area contributed by atoms with Gasteiger partial charge in [0.05, 0.1) is 6.10 Å². The molecule has 0 spiro atoms. The highest BCUT2D eigenvalue weighted by atomic mass is 79.9. The third kappa shape index (κ3) is 3.82. The van der Waals surface area contributed by atoms with Crippen LogP contribution in [0.15, 0.2) is 46.9 Å². The zero-order chi connectivity index (χ0) is 14.5. The lowest BCUT2D eigenvalue weighted by Crippen LogP contribution is -2.21. The third-order valence-electron chi connectivity index (χ3n) is 3.24. The van der Waals surface area contributed by atoms with Gasteiger partial charge in [-0.2, -0.15) is 0 Å². The normalized spacial score (nSPS) is 12.3. The molecule has 106 valence electrons. The van der Waals surface area contributed by atoms with Crippen molar-refractivity contribution in [1.82, 2.24) is 5.32 Å². The van der Waals surface area contributed by atoms with E-state index in [2.05, 4.69) is 21.2 Å². The minimum Gasteiger partial charge on any atom is -0.508 e. The number of hydrogen-bond acceptors (Lipinski definition) is 3. The Morgan fingerprint density at radius 2 is 1.95 bits per heavy atom. The zero-order valence-electron chi connectivity index (χ0n) is 11.3. The van der Waals surface area contributed by atoms with Gasteiger partial charge in [-0.3, -0.25) is 0 Å². The van der Waals surface area contributed by atoms with Crippen molar-refractivity contribution in [3.05, 3.63) is 63.6 Å². The van der Waals surface area contributed by atoms with Crippen molar-refractivity contribution in [1.29, 1.82) is 0 Å². The number of benzene rings is 2. The van der Waals surface area contributed by atoms with Crippen molar-refractivity contribution in [3.8, 4) is 5.75 Å². The molecule has 4 heteroatoms. The van der Waals surface area contributed by atoms with Crippen molar-refractivity contribution < 1.29 is 10.2 Å². The van der Waals surface area contributed by atoms with E-state index < -0.39 is 6.10 Å². The van der Waals surface area contributed by atoms with Crippen LogP contribution in [0.4, 0.5) is 0 Å². The molecule has 2 rings (SSSR count). The van der Waals surface area contributed by atoms with Crippen molar-refractivity contribution in [2.45, 2.75) is 19.6 Å². The summed E-state index contributed by atoms with van der Waals surface area (Å²) in [4.78, 5) is 0. The van der Waals surface area contributed by atoms with Crippen LogP contribution < -0.4 is 5.32 Å². The van der Waals surface area contributed by atoms with E-state index in [1.807, 2.05) is 37.3 Å². The second kappa shape index (κ2) is 6.88. The number of nitrogens with one attached hydrogen (secondary N) is 1. The summed E-state index contributed by atoms with van der Waals surface area (Å²) < 4.78 is 0.923. The van der Waals surface area contributed by atoms with Crippen LogP contribution in [0.5, 0.6) is 5.75 Å². The largest absolute Gasteiger partial charge is 0.508 e. The smallest absolute Gasteiger partial charge is 0.120 e. The van der Waals surface area contributed by atoms with Gasteiger partial charge in [0.1, 0.15) is 5.75 Å². The number of aliphatic hydroxyl groups is 1. The van der Waals surface area contributed by atoms with Crippen LogP contribution in [0, 0.1) is 6.92 Å². The molecular weight excluding hydrogens is 318 g/mol. The third-order valence-corrected chi connectivity index (χ3v) is 3.74. The quantitative estimate of drug-likeness (QED) is 0.785. The molecule has 0 radical (unpaired) electrons. The average molecular weight is 336 g/mol. The molecule has 0 amide bonds. The Labute approximate surface area is 127 Å². The van der Waals surface area contributed by atoms with Crippen LogP contribution in [-0.4, -0.2) is 16.8 Å². The van der Waals surface area contributed by atoms with Crippen molar-refractivity contribution in [2.24, 2.45) is 0 Å².